The number of unbranched alkanes of at least 4 members (excludes halogenated alkanes) is 3. The van der Waals surface area contributed by atoms with Gasteiger partial charge in [-0.2, -0.15) is 0 Å². The molecule has 1 rings (SSSR count). The van der Waals surface area contributed by atoms with E-state index in [1.54, 1.807) is 0 Å². The molecule has 1 heterocycles. The zero-order chi connectivity index (χ0) is 14.3. The van der Waals surface area contributed by atoms with Gasteiger partial charge in [-0.1, -0.05) is 49.4 Å². The standard InChI is InChI=1S/C14H19Cl2NO2/c1-3-4-5-6-7-10(2)19-14(18)11-8-9-12(15)17-13(11)16/h8-10H,3-7H2,1-2H3. The number of pyridine rings is 1. The number of esters is 1. The second-order valence-electron chi connectivity index (χ2n) is 4.54. The number of hydrogen-bond donors (Lipinski definition) is 0. The van der Waals surface area contributed by atoms with Crippen LogP contribution in [0.1, 0.15) is 56.3 Å². The second kappa shape index (κ2) is 8.39. The summed E-state index contributed by atoms with van der Waals surface area (Å²) in [5, 5.41) is 0.338. The van der Waals surface area contributed by atoms with E-state index in [2.05, 4.69) is 11.9 Å². The van der Waals surface area contributed by atoms with Crippen LogP contribution in [0.25, 0.3) is 0 Å². The van der Waals surface area contributed by atoms with Gasteiger partial charge in [0.2, 0.25) is 0 Å². The lowest BCUT2D eigenvalue weighted by atomic mass is 10.1. The third kappa shape index (κ3) is 5.79. The van der Waals surface area contributed by atoms with Crippen LogP contribution in [-0.4, -0.2) is 17.1 Å². The molecular weight excluding hydrogens is 285 g/mol. The molecule has 0 saturated heterocycles. The maximum Gasteiger partial charge on any atom is 0.341 e. The van der Waals surface area contributed by atoms with Gasteiger partial charge >= 0.3 is 5.97 Å². The molecule has 1 unspecified atom stereocenters. The highest BCUT2D eigenvalue weighted by molar-refractivity contribution is 6.34. The predicted octanol–water partition coefficient (Wildman–Crippen LogP) is 4.90. The minimum atomic E-state index is -0.447. The van der Waals surface area contributed by atoms with Gasteiger partial charge in [-0.25, -0.2) is 9.78 Å². The van der Waals surface area contributed by atoms with Crippen molar-refractivity contribution in [2.75, 3.05) is 0 Å². The molecule has 1 aromatic heterocycles. The molecule has 5 heteroatoms. The van der Waals surface area contributed by atoms with Crippen molar-refractivity contribution in [2.24, 2.45) is 0 Å². The molecule has 0 aliphatic heterocycles. The monoisotopic (exact) mass is 303 g/mol. The van der Waals surface area contributed by atoms with E-state index in [0.29, 0.717) is 0 Å². The molecule has 1 atom stereocenters. The van der Waals surface area contributed by atoms with Crippen molar-refractivity contribution < 1.29 is 9.53 Å². The van der Waals surface area contributed by atoms with Gasteiger partial charge in [0, 0.05) is 0 Å². The van der Waals surface area contributed by atoms with Crippen LogP contribution in [0.2, 0.25) is 10.3 Å². The number of aromatic nitrogens is 1. The minimum Gasteiger partial charge on any atom is -0.459 e. The summed E-state index contributed by atoms with van der Waals surface area (Å²) in [7, 11) is 0. The number of nitrogens with zero attached hydrogens (tertiary/aromatic N) is 1. The van der Waals surface area contributed by atoms with E-state index in [4.69, 9.17) is 27.9 Å². The predicted molar refractivity (Wildman–Crippen MR) is 77.9 cm³/mol. The Balaban J connectivity index is 2.45. The highest BCUT2D eigenvalue weighted by Gasteiger charge is 2.16. The molecule has 0 spiro atoms. The van der Waals surface area contributed by atoms with Crippen LogP contribution in [0, 0.1) is 0 Å². The molecule has 0 fully saturated rings. The summed E-state index contributed by atoms with van der Waals surface area (Å²) >= 11 is 11.5. The van der Waals surface area contributed by atoms with E-state index < -0.39 is 5.97 Å². The fourth-order valence-electron chi connectivity index (χ4n) is 1.73. The number of halogens is 2. The second-order valence-corrected chi connectivity index (χ2v) is 5.28. The molecular formula is C14H19Cl2NO2. The first kappa shape index (κ1) is 16.3. The average molecular weight is 304 g/mol. The molecule has 0 aromatic carbocycles. The zero-order valence-electron chi connectivity index (χ0n) is 11.3. The molecule has 3 nitrogen and oxygen atoms in total. The lowest BCUT2D eigenvalue weighted by Crippen LogP contribution is -2.15. The Labute approximate surface area is 124 Å². The lowest BCUT2D eigenvalue weighted by Gasteiger charge is -2.13. The van der Waals surface area contributed by atoms with E-state index in [1.807, 2.05) is 6.92 Å². The number of ether oxygens (including phenoxy) is 1. The van der Waals surface area contributed by atoms with E-state index in [1.165, 1.54) is 31.4 Å². The fraction of sp³-hybridized carbons (Fsp3) is 0.571. The van der Waals surface area contributed by atoms with Crippen LogP contribution in [0.5, 0.6) is 0 Å². The van der Waals surface area contributed by atoms with Gasteiger partial charge in [0.05, 0.1) is 11.7 Å². The maximum absolute atomic E-state index is 11.9. The Bertz CT molecular complexity index is 424. The molecule has 0 amide bonds. The summed E-state index contributed by atoms with van der Waals surface area (Å²) in [4.78, 5) is 15.7. The number of rotatable bonds is 7. The highest BCUT2D eigenvalue weighted by atomic mass is 35.5. The smallest absolute Gasteiger partial charge is 0.341 e. The number of hydrogen-bond acceptors (Lipinski definition) is 3. The molecule has 0 aliphatic rings. The van der Waals surface area contributed by atoms with Crippen molar-refractivity contribution in [2.45, 2.75) is 52.1 Å². The summed E-state index contributed by atoms with van der Waals surface area (Å²) in [6.45, 7) is 4.06. The number of carbonyl (C=O) groups excluding carboxylic acids is 1. The Morgan fingerprint density at radius 1 is 1.32 bits per heavy atom. The Morgan fingerprint density at radius 3 is 2.68 bits per heavy atom. The van der Waals surface area contributed by atoms with Crippen molar-refractivity contribution >= 4 is 29.2 Å². The van der Waals surface area contributed by atoms with E-state index in [0.717, 1.165) is 12.8 Å². The summed E-state index contributed by atoms with van der Waals surface area (Å²) in [5.41, 5.74) is 0.256. The van der Waals surface area contributed by atoms with Gasteiger partial charge in [-0.3, -0.25) is 0 Å². The first-order valence-electron chi connectivity index (χ1n) is 6.57. The van der Waals surface area contributed by atoms with Gasteiger partial charge in [0.25, 0.3) is 0 Å². The van der Waals surface area contributed by atoms with Crippen LogP contribution < -0.4 is 0 Å². The Hall–Kier alpha value is -0.800. The average Bonchev–Trinajstić information content (AvgIpc) is 2.34. The van der Waals surface area contributed by atoms with Crippen LogP contribution in [0.15, 0.2) is 12.1 Å². The third-order valence-corrected chi connectivity index (χ3v) is 3.31. The summed E-state index contributed by atoms with van der Waals surface area (Å²) in [6.07, 6.45) is 5.39. The largest absolute Gasteiger partial charge is 0.459 e. The molecule has 0 saturated carbocycles. The zero-order valence-corrected chi connectivity index (χ0v) is 12.8. The molecule has 106 valence electrons. The van der Waals surface area contributed by atoms with Crippen LogP contribution in [0.4, 0.5) is 0 Å². The highest BCUT2D eigenvalue weighted by Crippen LogP contribution is 2.19. The molecule has 0 N–H and O–H groups in total. The fourth-order valence-corrected chi connectivity index (χ4v) is 2.15. The van der Waals surface area contributed by atoms with Gasteiger partial charge in [0.1, 0.15) is 10.3 Å². The van der Waals surface area contributed by atoms with Crippen molar-refractivity contribution in [3.05, 3.63) is 28.0 Å². The first-order valence-corrected chi connectivity index (χ1v) is 7.33. The van der Waals surface area contributed by atoms with Crippen LogP contribution >= 0.6 is 23.2 Å². The van der Waals surface area contributed by atoms with Crippen molar-refractivity contribution in [1.29, 1.82) is 0 Å². The van der Waals surface area contributed by atoms with Crippen molar-refractivity contribution in [1.82, 2.24) is 4.98 Å². The van der Waals surface area contributed by atoms with Crippen LogP contribution in [0.3, 0.4) is 0 Å². The number of carbonyl (C=O) groups is 1. The van der Waals surface area contributed by atoms with Gasteiger partial charge in [-0.15, -0.1) is 0 Å². The third-order valence-electron chi connectivity index (χ3n) is 2.81. The normalized spacial score (nSPS) is 12.2. The van der Waals surface area contributed by atoms with E-state index >= 15 is 0 Å². The van der Waals surface area contributed by atoms with Crippen molar-refractivity contribution in [3.8, 4) is 0 Å². The van der Waals surface area contributed by atoms with Gasteiger partial charge < -0.3 is 4.74 Å². The van der Waals surface area contributed by atoms with Gasteiger partial charge in [0.15, 0.2) is 0 Å². The molecule has 19 heavy (non-hydrogen) atoms. The Kier molecular flexibility index (Phi) is 7.17. The summed E-state index contributed by atoms with van der Waals surface area (Å²) in [6, 6.07) is 3.06. The topological polar surface area (TPSA) is 39.2 Å². The van der Waals surface area contributed by atoms with Crippen LogP contribution in [-0.2, 0) is 4.74 Å². The van der Waals surface area contributed by atoms with Gasteiger partial charge in [-0.05, 0) is 31.9 Å². The van der Waals surface area contributed by atoms with E-state index in [-0.39, 0.29) is 22.0 Å². The molecule has 0 radical (unpaired) electrons. The van der Waals surface area contributed by atoms with E-state index in [9.17, 15) is 4.79 Å². The minimum absolute atomic E-state index is 0.0793. The molecule has 0 bridgehead atoms. The van der Waals surface area contributed by atoms with Crippen molar-refractivity contribution in [3.63, 3.8) is 0 Å². The molecule has 0 aliphatic carbocycles. The lowest BCUT2D eigenvalue weighted by molar-refractivity contribution is 0.0319. The maximum atomic E-state index is 11.9. The SMILES string of the molecule is CCCCCCC(C)OC(=O)c1ccc(Cl)nc1Cl. The summed E-state index contributed by atoms with van der Waals surface area (Å²) in [5.74, 6) is -0.447. The molecule has 1 aromatic rings. The Morgan fingerprint density at radius 2 is 2.05 bits per heavy atom. The first-order chi connectivity index (χ1) is 9.04. The summed E-state index contributed by atoms with van der Waals surface area (Å²) < 4.78 is 5.33. The quantitative estimate of drug-likeness (QED) is 0.408.